The quantitative estimate of drug-likeness (QED) is 0.660. The van der Waals surface area contributed by atoms with Gasteiger partial charge in [-0.15, -0.1) is 0 Å². The Morgan fingerprint density at radius 1 is 1.38 bits per heavy atom. The number of amides is 1. The fourth-order valence-corrected chi connectivity index (χ4v) is 4.21. The highest BCUT2D eigenvalue weighted by molar-refractivity contribution is 5.94. The van der Waals surface area contributed by atoms with Gasteiger partial charge in [0, 0.05) is 39.0 Å². The van der Waals surface area contributed by atoms with Gasteiger partial charge in [-0.3, -0.25) is 14.3 Å². The summed E-state index contributed by atoms with van der Waals surface area (Å²) in [4.78, 5) is 24.6. The highest BCUT2D eigenvalue weighted by atomic mass is 16.5. The predicted molar refractivity (Wildman–Crippen MR) is 107 cm³/mol. The molecule has 8 nitrogen and oxygen atoms in total. The number of aromatic nitrogens is 2. The van der Waals surface area contributed by atoms with E-state index in [1.807, 2.05) is 18.5 Å². The summed E-state index contributed by atoms with van der Waals surface area (Å²) in [5.41, 5.74) is 2.73. The lowest BCUT2D eigenvalue weighted by Gasteiger charge is -2.36. The number of hydrogen-bond acceptors (Lipinski definition) is 6. The van der Waals surface area contributed by atoms with Crippen LogP contribution in [-0.2, 0) is 38.4 Å². The number of ether oxygens (including phenoxy) is 3. The van der Waals surface area contributed by atoms with Crippen molar-refractivity contribution in [2.24, 2.45) is 11.3 Å². The fraction of sp³-hybridized carbons (Fsp3) is 0.762. The highest BCUT2D eigenvalue weighted by Gasteiger charge is 2.39. The molecule has 1 saturated heterocycles. The molecule has 1 spiro atoms. The van der Waals surface area contributed by atoms with E-state index in [0.29, 0.717) is 38.4 Å². The molecule has 1 aromatic rings. The zero-order valence-electron chi connectivity index (χ0n) is 17.8. The maximum absolute atomic E-state index is 12.8. The number of aryl methyl sites for hydroxylation is 1. The first-order valence-corrected chi connectivity index (χ1v) is 10.6. The molecule has 8 heteroatoms. The van der Waals surface area contributed by atoms with Gasteiger partial charge in [-0.1, -0.05) is 6.92 Å². The molecule has 1 aromatic heterocycles. The molecule has 0 aromatic carbocycles. The van der Waals surface area contributed by atoms with Gasteiger partial charge in [0.1, 0.15) is 5.69 Å². The third-order valence-corrected chi connectivity index (χ3v) is 5.96. The summed E-state index contributed by atoms with van der Waals surface area (Å²) in [6, 6.07) is 0. The van der Waals surface area contributed by atoms with Gasteiger partial charge < -0.3 is 19.5 Å². The number of esters is 1. The first-order chi connectivity index (χ1) is 14.0. The van der Waals surface area contributed by atoms with Crippen molar-refractivity contribution in [3.05, 3.63) is 17.0 Å². The van der Waals surface area contributed by atoms with Gasteiger partial charge in [-0.05, 0) is 43.9 Å². The van der Waals surface area contributed by atoms with Gasteiger partial charge >= 0.3 is 5.97 Å². The molecule has 2 aliphatic heterocycles. The summed E-state index contributed by atoms with van der Waals surface area (Å²) in [6.07, 6.45) is 3.65. The van der Waals surface area contributed by atoms with Crippen molar-refractivity contribution >= 4 is 11.9 Å². The predicted octanol–water partition coefficient (Wildman–Crippen LogP) is 1.74. The summed E-state index contributed by atoms with van der Waals surface area (Å²) in [5, 5.41) is 7.89. The Kier molecular flexibility index (Phi) is 7.29. The minimum Gasteiger partial charge on any atom is -0.465 e. The number of carbonyl (C=O) groups excluding carboxylic acids is 2. The highest BCUT2D eigenvalue weighted by Crippen LogP contribution is 2.38. The van der Waals surface area contributed by atoms with Crippen molar-refractivity contribution in [1.82, 2.24) is 15.1 Å². The average molecular weight is 408 g/mol. The molecule has 2 aliphatic rings. The lowest BCUT2D eigenvalue weighted by atomic mass is 9.75. The fourth-order valence-electron chi connectivity index (χ4n) is 4.21. The maximum atomic E-state index is 12.8. The third-order valence-electron chi connectivity index (χ3n) is 5.96. The molecule has 1 atom stereocenters. The Balaban J connectivity index is 1.76. The standard InChI is InChI=1S/C21H33N3O5/c1-4-24-19-16(12-21(14-22-20(19)26)6-9-28-10-7-21)17(23-24)11-15(2)13-29-18(25)5-8-27-3/h15H,4-14H2,1-3H3,(H,22,26). The average Bonchev–Trinajstić information content (AvgIpc) is 2.99. The zero-order chi connectivity index (χ0) is 20.9. The van der Waals surface area contributed by atoms with Crippen LogP contribution in [0.4, 0.5) is 0 Å². The Labute approximate surface area is 172 Å². The van der Waals surface area contributed by atoms with Crippen LogP contribution < -0.4 is 5.32 Å². The van der Waals surface area contributed by atoms with Crippen molar-refractivity contribution in [3.8, 4) is 0 Å². The monoisotopic (exact) mass is 407 g/mol. The lowest BCUT2D eigenvalue weighted by molar-refractivity contribution is -0.145. The van der Waals surface area contributed by atoms with E-state index in [0.717, 1.165) is 43.7 Å². The summed E-state index contributed by atoms with van der Waals surface area (Å²) in [5.74, 6) is -0.178. The molecule has 162 valence electrons. The molecule has 1 unspecified atom stereocenters. The van der Waals surface area contributed by atoms with Gasteiger partial charge in [-0.2, -0.15) is 5.10 Å². The van der Waals surface area contributed by atoms with Crippen molar-refractivity contribution < 1.29 is 23.8 Å². The van der Waals surface area contributed by atoms with Gasteiger partial charge in [0.2, 0.25) is 0 Å². The molecule has 29 heavy (non-hydrogen) atoms. The van der Waals surface area contributed by atoms with Crippen LogP contribution in [0.15, 0.2) is 0 Å². The summed E-state index contributed by atoms with van der Waals surface area (Å²) < 4.78 is 17.7. The van der Waals surface area contributed by atoms with Crippen LogP contribution in [0.3, 0.4) is 0 Å². The number of hydrogen-bond donors (Lipinski definition) is 1. The molecule has 1 fully saturated rings. The maximum Gasteiger partial charge on any atom is 0.308 e. The van der Waals surface area contributed by atoms with E-state index in [-0.39, 0.29) is 29.6 Å². The summed E-state index contributed by atoms with van der Waals surface area (Å²) in [6.45, 7) is 7.53. The van der Waals surface area contributed by atoms with Crippen molar-refractivity contribution in [2.45, 2.75) is 52.5 Å². The van der Waals surface area contributed by atoms with Gasteiger partial charge in [0.05, 0.1) is 25.3 Å². The van der Waals surface area contributed by atoms with E-state index in [4.69, 9.17) is 19.3 Å². The molecular formula is C21H33N3O5. The molecule has 1 amide bonds. The number of methoxy groups -OCH3 is 1. The summed E-state index contributed by atoms with van der Waals surface area (Å²) >= 11 is 0. The van der Waals surface area contributed by atoms with Crippen LogP contribution in [0.5, 0.6) is 0 Å². The molecule has 0 aliphatic carbocycles. The molecular weight excluding hydrogens is 374 g/mol. The molecule has 1 N–H and O–H groups in total. The van der Waals surface area contributed by atoms with Crippen LogP contribution in [0.1, 0.15) is 54.9 Å². The minimum absolute atomic E-state index is 0.0331. The number of fused-ring (bicyclic) bond motifs is 1. The third kappa shape index (κ3) is 5.17. The van der Waals surface area contributed by atoms with E-state index in [2.05, 4.69) is 5.32 Å². The number of nitrogens with one attached hydrogen (secondary N) is 1. The first kappa shape index (κ1) is 21.8. The van der Waals surface area contributed by atoms with Crippen molar-refractivity contribution in [2.75, 3.05) is 40.1 Å². The Bertz CT molecular complexity index is 724. The zero-order valence-corrected chi connectivity index (χ0v) is 17.8. The van der Waals surface area contributed by atoms with Crippen LogP contribution in [0, 0.1) is 11.3 Å². The molecule has 0 bridgehead atoms. The van der Waals surface area contributed by atoms with Gasteiger partial charge in [0.15, 0.2) is 0 Å². The lowest BCUT2D eigenvalue weighted by Crippen LogP contribution is -2.40. The second-order valence-electron chi connectivity index (χ2n) is 8.30. The van der Waals surface area contributed by atoms with Crippen LogP contribution >= 0.6 is 0 Å². The smallest absolute Gasteiger partial charge is 0.308 e. The Hall–Kier alpha value is -1.93. The molecule has 3 heterocycles. The minimum atomic E-state index is -0.253. The number of rotatable bonds is 8. The second-order valence-corrected chi connectivity index (χ2v) is 8.30. The topological polar surface area (TPSA) is 91.7 Å². The normalized spacial score (nSPS) is 19.3. The molecule has 0 saturated carbocycles. The van der Waals surface area contributed by atoms with E-state index >= 15 is 0 Å². The number of nitrogens with zero attached hydrogens (tertiary/aromatic N) is 2. The van der Waals surface area contributed by atoms with Crippen molar-refractivity contribution in [3.63, 3.8) is 0 Å². The largest absolute Gasteiger partial charge is 0.465 e. The van der Waals surface area contributed by atoms with Gasteiger partial charge in [0.25, 0.3) is 5.91 Å². The first-order valence-electron chi connectivity index (χ1n) is 10.6. The van der Waals surface area contributed by atoms with Crippen LogP contribution in [0.2, 0.25) is 0 Å². The van der Waals surface area contributed by atoms with E-state index in [9.17, 15) is 9.59 Å². The van der Waals surface area contributed by atoms with Crippen LogP contribution in [0.25, 0.3) is 0 Å². The molecule has 0 radical (unpaired) electrons. The molecule has 3 rings (SSSR count). The SMILES string of the molecule is CCn1nc(CC(C)COC(=O)CCOC)c2c1C(=O)NCC1(CCOCC1)C2. The van der Waals surface area contributed by atoms with E-state index < -0.39 is 0 Å². The Morgan fingerprint density at radius 3 is 2.83 bits per heavy atom. The van der Waals surface area contributed by atoms with Crippen LogP contribution in [-0.4, -0.2) is 61.7 Å². The van der Waals surface area contributed by atoms with Crippen molar-refractivity contribution in [1.29, 1.82) is 0 Å². The number of carbonyl (C=O) groups is 2. The second kappa shape index (κ2) is 9.71. The van der Waals surface area contributed by atoms with E-state index in [1.165, 1.54) is 0 Å². The Morgan fingerprint density at radius 2 is 2.14 bits per heavy atom. The van der Waals surface area contributed by atoms with Gasteiger partial charge in [-0.25, -0.2) is 0 Å². The van der Waals surface area contributed by atoms with E-state index in [1.54, 1.807) is 7.11 Å². The summed E-state index contributed by atoms with van der Waals surface area (Å²) in [7, 11) is 1.56.